The first-order valence-electron chi connectivity index (χ1n) is 12.0. The first-order valence-corrected chi connectivity index (χ1v) is 12.0. The third kappa shape index (κ3) is 4.33. The van der Waals surface area contributed by atoms with Crippen molar-refractivity contribution in [2.75, 3.05) is 0 Å². The molecule has 4 heterocycles. The van der Waals surface area contributed by atoms with Crippen molar-refractivity contribution in [3.05, 3.63) is 42.2 Å². The number of aliphatic hydroxyl groups is 2. The number of fused-ring (bicyclic) bond motifs is 4. The number of allylic oxidation sites excluding steroid dienone is 1. The van der Waals surface area contributed by atoms with Crippen molar-refractivity contribution in [2.24, 2.45) is 17.3 Å². The first kappa shape index (κ1) is 25.0. The molecule has 2 fully saturated rings. The summed E-state index contributed by atoms with van der Waals surface area (Å²) in [5.41, 5.74) is -1.34. The number of Topliss-reactive ketones (excluding diaryl/α,β-unsaturated/α-hetero) is 1. The lowest BCUT2D eigenvalue weighted by Gasteiger charge is -2.51. The molecule has 2 N–H and O–H groups in total. The van der Waals surface area contributed by atoms with Crippen molar-refractivity contribution in [3.63, 3.8) is 0 Å². The lowest BCUT2D eigenvalue weighted by atomic mass is 9.78. The fourth-order valence-corrected chi connectivity index (χ4v) is 5.38. The van der Waals surface area contributed by atoms with Gasteiger partial charge in [-0.2, -0.15) is 0 Å². The molecule has 4 bridgehead atoms. The molecule has 0 unspecified atom stereocenters. The number of esters is 1. The SMILES string of the molecule is C[C@@H]1C[C@H]2O[C@@](O)([C@@H]1OC(=O)c1cccnc1)[C@@H](O)[C@]1(C)CC[C@@H](O1)C(C)(C)/C=C/[C@H](C)C2=O. The molecule has 0 amide bonds. The molecule has 0 saturated carbocycles. The molecule has 1 aromatic heterocycles. The fraction of sp³-hybridized carbons (Fsp3) is 0.654. The molecule has 0 aliphatic carbocycles. The largest absolute Gasteiger partial charge is 0.453 e. The van der Waals surface area contributed by atoms with E-state index in [0.29, 0.717) is 12.8 Å². The topological polar surface area (TPSA) is 115 Å². The minimum absolute atomic E-state index is 0.194. The summed E-state index contributed by atoms with van der Waals surface area (Å²) in [6.07, 6.45) is 4.13. The van der Waals surface area contributed by atoms with E-state index in [1.165, 1.54) is 12.4 Å². The molecule has 34 heavy (non-hydrogen) atoms. The lowest BCUT2D eigenvalue weighted by molar-refractivity contribution is -0.362. The van der Waals surface area contributed by atoms with Crippen LogP contribution < -0.4 is 0 Å². The number of aromatic nitrogens is 1. The standard InChI is InChI=1S/C26H35NO7/c1-15-8-10-24(3,4)19-9-11-25(5,34-19)23(30)26(31)21(16(2)13-18(33-26)20(15)28)32-22(29)17-7-6-12-27-14-17/h6-8,10,12,14-16,18-19,21,23,30-31H,9,11,13H2,1-5H3/b10-8+/t15-,16+,18+,19+,21+,23-,25-,26-/m0/s1. The van der Waals surface area contributed by atoms with Gasteiger partial charge >= 0.3 is 5.97 Å². The second-order valence-corrected chi connectivity index (χ2v) is 10.9. The third-order valence-corrected chi connectivity index (χ3v) is 7.67. The van der Waals surface area contributed by atoms with Crippen molar-refractivity contribution in [2.45, 2.75) is 89.7 Å². The van der Waals surface area contributed by atoms with Crippen molar-refractivity contribution >= 4 is 11.8 Å². The second-order valence-electron chi connectivity index (χ2n) is 10.9. The van der Waals surface area contributed by atoms with Gasteiger partial charge in [0, 0.05) is 29.6 Å². The zero-order valence-corrected chi connectivity index (χ0v) is 20.4. The molecule has 3 aliphatic heterocycles. The Hall–Kier alpha value is -2.13. The van der Waals surface area contributed by atoms with Gasteiger partial charge in [-0.05, 0) is 38.3 Å². The van der Waals surface area contributed by atoms with Crippen molar-refractivity contribution in [1.29, 1.82) is 0 Å². The molecule has 8 nitrogen and oxygen atoms in total. The van der Waals surface area contributed by atoms with Crippen LogP contribution in [0, 0.1) is 17.3 Å². The molecular weight excluding hydrogens is 438 g/mol. The highest BCUT2D eigenvalue weighted by atomic mass is 16.7. The lowest BCUT2D eigenvalue weighted by Crippen LogP contribution is -2.69. The number of nitrogens with zero attached hydrogens (tertiary/aromatic N) is 1. The van der Waals surface area contributed by atoms with Gasteiger partial charge < -0.3 is 24.4 Å². The molecule has 0 radical (unpaired) electrons. The van der Waals surface area contributed by atoms with Crippen LogP contribution in [0.2, 0.25) is 0 Å². The molecule has 8 heteroatoms. The number of carbonyl (C=O) groups excluding carboxylic acids is 2. The maximum absolute atomic E-state index is 13.3. The second kappa shape index (κ2) is 8.82. The van der Waals surface area contributed by atoms with Crippen molar-refractivity contribution in [1.82, 2.24) is 4.98 Å². The molecule has 4 rings (SSSR count). The summed E-state index contributed by atoms with van der Waals surface area (Å²) in [6.45, 7) is 9.35. The van der Waals surface area contributed by atoms with Gasteiger partial charge in [0.25, 0.3) is 0 Å². The summed E-state index contributed by atoms with van der Waals surface area (Å²) >= 11 is 0. The normalized spacial score (nSPS) is 42.9. The molecule has 0 spiro atoms. The molecule has 8 atom stereocenters. The van der Waals surface area contributed by atoms with Crippen LogP contribution in [0.5, 0.6) is 0 Å². The van der Waals surface area contributed by atoms with E-state index >= 15 is 0 Å². The van der Waals surface area contributed by atoms with Gasteiger partial charge in [0.2, 0.25) is 5.79 Å². The van der Waals surface area contributed by atoms with Crippen LogP contribution in [-0.2, 0) is 19.0 Å². The van der Waals surface area contributed by atoms with E-state index < -0.39 is 47.5 Å². The number of hydrogen-bond acceptors (Lipinski definition) is 8. The minimum Gasteiger partial charge on any atom is -0.453 e. The van der Waals surface area contributed by atoms with Crippen LogP contribution in [0.15, 0.2) is 36.7 Å². The van der Waals surface area contributed by atoms with E-state index in [1.807, 2.05) is 26.0 Å². The van der Waals surface area contributed by atoms with Crippen molar-refractivity contribution in [3.8, 4) is 0 Å². The Bertz CT molecular complexity index is 963. The summed E-state index contributed by atoms with van der Waals surface area (Å²) in [5.74, 6) is -4.16. The highest BCUT2D eigenvalue weighted by Gasteiger charge is 2.62. The maximum Gasteiger partial charge on any atom is 0.340 e. The van der Waals surface area contributed by atoms with E-state index in [2.05, 4.69) is 4.98 Å². The predicted octanol–water partition coefficient (Wildman–Crippen LogP) is 2.82. The van der Waals surface area contributed by atoms with Crippen LogP contribution in [0.4, 0.5) is 0 Å². The Kier molecular flexibility index (Phi) is 6.48. The number of ketones is 1. The van der Waals surface area contributed by atoms with Gasteiger partial charge in [-0.25, -0.2) is 4.79 Å². The number of pyridine rings is 1. The van der Waals surface area contributed by atoms with Gasteiger partial charge in [-0.1, -0.05) is 39.8 Å². The minimum atomic E-state index is -2.34. The van der Waals surface area contributed by atoms with Gasteiger partial charge in [-0.3, -0.25) is 9.78 Å². The molecular formula is C26H35NO7. The van der Waals surface area contributed by atoms with Gasteiger partial charge in [-0.15, -0.1) is 0 Å². The molecule has 186 valence electrons. The molecule has 1 aromatic rings. The Morgan fingerprint density at radius 1 is 1.24 bits per heavy atom. The number of carbonyl (C=O) groups is 2. The zero-order valence-electron chi connectivity index (χ0n) is 20.4. The average molecular weight is 474 g/mol. The van der Waals surface area contributed by atoms with E-state index in [-0.39, 0.29) is 29.3 Å². The monoisotopic (exact) mass is 473 g/mol. The number of rotatable bonds is 2. The van der Waals surface area contributed by atoms with Crippen LogP contribution in [0.1, 0.15) is 64.2 Å². The van der Waals surface area contributed by atoms with Crippen molar-refractivity contribution < 1.29 is 34.0 Å². The fourth-order valence-electron chi connectivity index (χ4n) is 5.38. The third-order valence-electron chi connectivity index (χ3n) is 7.67. The summed E-state index contributed by atoms with van der Waals surface area (Å²) in [5, 5.41) is 23.5. The van der Waals surface area contributed by atoms with Gasteiger partial charge in [0.1, 0.15) is 12.2 Å². The van der Waals surface area contributed by atoms with E-state index in [9.17, 15) is 19.8 Å². The van der Waals surface area contributed by atoms with Gasteiger partial charge in [0.15, 0.2) is 11.9 Å². The Morgan fingerprint density at radius 3 is 2.65 bits per heavy atom. The highest BCUT2D eigenvalue weighted by molar-refractivity contribution is 5.89. The first-order chi connectivity index (χ1) is 15.9. The summed E-state index contributed by atoms with van der Waals surface area (Å²) in [6, 6.07) is 3.16. The Labute approximate surface area is 200 Å². The summed E-state index contributed by atoms with van der Waals surface area (Å²) in [7, 11) is 0. The Balaban J connectivity index is 1.74. The van der Waals surface area contributed by atoms with Crippen LogP contribution in [0.25, 0.3) is 0 Å². The summed E-state index contributed by atoms with van der Waals surface area (Å²) in [4.78, 5) is 30.1. The Morgan fingerprint density at radius 2 is 1.97 bits per heavy atom. The van der Waals surface area contributed by atoms with E-state index in [4.69, 9.17) is 14.2 Å². The number of ether oxygens (including phenoxy) is 3. The van der Waals surface area contributed by atoms with Crippen LogP contribution >= 0.6 is 0 Å². The van der Waals surface area contributed by atoms with Gasteiger partial charge in [0.05, 0.1) is 17.3 Å². The van der Waals surface area contributed by atoms with Crippen LogP contribution in [-0.4, -0.2) is 62.8 Å². The highest BCUT2D eigenvalue weighted by Crippen LogP contribution is 2.48. The maximum atomic E-state index is 13.3. The van der Waals surface area contributed by atoms with E-state index in [0.717, 1.165) is 0 Å². The van der Waals surface area contributed by atoms with Crippen LogP contribution in [0.3, 0.4) is 0 Å². The smallest absolute Gasteiger partial charge is 0.340 e. The molecule has 2 saturated heterocycles. The summed E-state index contributed by atoms with van der Waals surface area (Å²) < 4.78 is 18.1. The van der Waals surface area contributed by atoms with E-state index in [1.54, 1.807) is 32.9 Å². The average Bonchev–Trinajstić information content (AvgIpc) is 3.23. The predicted molar refractivity (Wildman–Crippen MR) is 123 cm³/mol. The number of hydrogen-bond donors (Lipinski definition) is 2. The quantitative estimate of drug-likeness (QED) is 0.498. The number of aliphatic hydroxyl groups excluding tert-OH is 1. The molecule has 0 aromatic carbocycles. The molecule has 3 aliphatic rings. The zero-order chi connectivity index (χ0) is 24.9.